The van der Waals surface area contributed by atoms with Crippen LogP contribution < -0.4 is 11.1 Å². The fourth-order valence-electron chi connectivity index (χ4n) is 1.02. The van der Waals surface area contributed by atoms with Crippen LogP contribution in [0.25, 0.3) is 0 Å². The van der Waals surface area contributed by atoms with Crippen LogP contribution in [0.1, 0.15) is 10.4 Å². The van der Waals surface area contributed by atoms with Gasteiger partial charge in [0.2, 0.25) is 5.91 Å². The van der Waals surface area contributed by atoms with Crippen molar-refractivity contribution in [3.63, 3.8) is 0 Å². The van der Waals surface area contributed by atoms with Gasteiger partial charge in [-0.25, -0.2) is 4.98 Å². The molecule has 3 N–H and O–H groups in total. The van der Waals surface area contributed by atoms with Crippen molar-refractivity contribution in [2.45, 2.75) is 0 Å². The van der Waals surface area contributed by atoms with Crippen molar-refractivity contribution in [3.8, 4) is 0 Å². The molecule has 0 atom stereocenters. The maximum Gasteiger partial charge on any atom is 0.252 e. The fraction of sp³-hybridized carbons (Fsp3) is 0.300. The Hall–Kier alpha value is -1.66. The number of hydrogen-bond acceptors (Lipinski definition) is 4. The minimum Gasteiger partial charge on any atom is -0.370 e. The number of rotatable bonds is 6. The minimum atomic E-state index is -0.543. The number of ether oxygens (including phenoxy) is 1. The van der Waals surface area contributed by atoms with E-state index in [0.29, 0.717) is 10.7 Å². The second kappa shape index (κ2) is 6.82. The molecule has 0 unspecified atom stereocenters. The molecule has 0 aliphatic rings. The van der Waals surface area contributed by atoms with Crippen LogP contribution in [0.5, 0.6) is 0 Å². The molecule has 1 aromatic rings. The second-order valence-electron chi connectivity index (χ2n) is 3.14. The largest absolute Gasteiger partial charge is 0.370 e. The summed E-state index contributed by atoms with van der Waals surface area (Å²) in [5.74, 6) is -0.824. The monoisotopic (exact) mass is 257 g/mol. The summed E-state index contributed by atoms with van der Waals surface area (Å²) in [5.41, 5.74) is 5.27. The smallest absolute Gasteiger partial charge is 0.252 e. The van der Waals surface area contributed by atoms with Crippen LogP contribution in [0.3, 0.4) is 0 Å². The third-order valence-electron chi connectivity index (χ3n) is 1.77. The third-order valence-corrected chi connectivity index (χ3v) is 1.99. The van der Waals surface area contributed by atoms with Crippen LogP contribution in [0.4, 0.5) is 0 Å². The molecule has 6 nitrogen and oxygen atoms in total. The Morgan fingerprint density at radius 1 is 1.47 bits per heavy atom. The number of carbonyl (C=O) groups is 2. The van der Waals surface area contributed by atoms with E-state index in [1.54, 1.807) is 6.07 Å². The molecule has 1 rings (SSSR count). The van der Waals surface area contributed by atoms with Gasteiger partial charge in [0, 0.05) is 12.7 Å². The molecule has 0 aliphatic heterocycles. The van der Waals surface area contributed by atoms with Crippen LogP contribution in [-0.2, 0) is 9.53 Å². The Kier molecular flexibility index (Phi) is 5.38. The second-order valence-corrected chi connectivity index (χ2v) is 3.53. The first-order valence-corrected chi connectivity index (χ1v) is 5.23. The van der Waals surface area contributed by atoms with E-state index in [0.717, 1.165) is 0 Å². The van der Waals surface area contributed by atoms with Crippen molar-refractivity contribution < 1.29 is 14.3 Å². The van der Waals surface area contributed by atoms with Crippen LogP contribution in [0.2, 0.25) is 5.15 Å². The van der Waals surface area contributed by atoms with Crippen molar-refractivity contribution >= 4 is 23.4 Å². The van der Waals surface area contributed by atoms with Gasteiger partial charge in [0.25, 0.3) is 5.91 Å². The first-order valence-electron chi connectivity index (χ1n) is 4.85. The highest BCUT2D eigenvalue weighted by molar-refractivity contribution is 6.29. The molecule has 17 heavy (non-hydrogen) atoms. The summed E-state index contributed by atoms with van der Waals surface area (Å²) < 4.78 is 4.87. The van der Waals surface area contributed by atoms with Gasteiger partial charge in [0.05, 0.1) is 12.2 Å². The molecule has 1 heterocycles. The molecule has 1 aromatic heterocycles. The number of aromatic nitrogens is 1. The zero-order valence-electron chi connectivity index (χ0n) is 8.98. The van der Waals surface area contributed by atoms with E-state index in [4.69, 9.17) is 22.1 Å². The topological polar surface area (TPSA) is 94.3 Å². The number of pyridine rings is 1. The molecule has 0 radical (unpaired) electrons. The average molecular weight is 258 g/mol. The van der Waals surface area contributed by atoms with Gasteiger partial charge in [-0.3, -0.25) is 9.59 Å². The van der Waals surface area contributed by atoms with Gasteiger partial charge in [0.15, 0.2) is 0 Å². The predicted octanol–water partition coefficient (Wildman–Crippen LogP) is -0.0333. The van der Waals surface area contributed by atoms with E-state index < -0.39 is 5.91 Å². The number of nitrogens with one attached hydrogen (secondary N) is 1. The van der Waals surface area contributed by atoms with E-state index in [9.17, 15) is 9.59 Å². The van der Waals surface area contributed by atoms with Gasteiger partial charge >= 0.3 is 0 Å². The molecule has 0 spiro atoms. The molecular weight excluding hydrogens is 246 g/mol. The van der Waals surface area contributed by atoms with E-state index in [2.05, 4.69) is 10.3 Å². The van der Waals surface area contributed by atoms with E-state index in [1.165, 1.54) is 12.3 Å². The lowest BCUT2D eigenvalue weighted by atomic mass is 10.3. The quantitative estimate of drug-likeness (QED) is 0.553. The zero-order chi connectivity index (χ0) is 12.7. The molecule has 0 aliphatic carbocycles. The van der Waals surface area contributed by atoms with Gasteiger partial charge in [-0.15, -0.1) is 0 Å². The standard InChI is InChI=1S/C10H12ClN3O3/c11-8-2-1-7(5-14-8)10(16)13-3-4-17-6-9(12)15/h1-2,5H,3-4,6H2,(H2,12,15)(H,13,16). The van der Waals surface area contributed by atoms with E-state index >= 15 is 0 Å². The van der Waals surface area contributed by atoms with Gasteiger partial charge < -0.3 is 15.8 Å². The third kappa shape index (κ3) is 5.28. The SMILES string of the molecule is NC(=O)COCCNC(=O)c1ccc(Cl)nc1. The molecule has 0 bridgehead atoms. The van der Waals surface area contributed by atoms with Gasteiger partial charge in [-0.05, 0) is 12.1 Å². The highest BCUT2D eigenvalue weighted by atomic mass is 35.5. The van der Waals surface area contributed by atoms with Crippen LogP contribution in [0.15, 0.2) is 18.3 Å². The van der Waals surface area contributed by atoms with Crippen molar-refractivity contribution in [1.29, 1.82) is 0 Å². The Bertz CT molecular complexity index is 394. The lowest BCUT2D eigenvalue weighted by Gasteiger charge is -2.05. The number of hydrogen-bond donors (Lipinski definition) is 2. The molecule has 0 saturated carbocycles. The highest BCUT2D eigenvalue weighted by Gasteiger charge is 2.04. The molecule has 2 amide bonds. The highest BCUT2D eigenvalue weighted by Crippen LogP contribution is 2.04. The summed E-state index contributed by atoms with van der Waals surface area (Å²) in [7, 11) is 0. The summed E-state index contributed by atoms with van der Waals surface area (Å²) in [4.78, 5) is 25.6. The number of carbonyl (C=O) groups excluding carboxylic acids is 2. The summed E-state index contributed by atoms with van der Waals surface area (Å²) >= 11 is 5.59. The van der Waals surface area contributed by atoms with Crippen LogP contribution in [-0.4, -0.2) is 36.6 Å². The fourth-order valence-corrected chi connectivity index (χ4v) is 1.13. The molecule has 7 heteroatoms. The van der Waals surface area contributed by atoms with Gasteiger partial charge in [-0.2, -0.15) is 0 Å². The number of nitrogens with two attached hydrogens (primary N) is 1. The molecule has 92 valence electrons. The summed E-state index contributed by atoms with van der Waals surface area (Å²) in [6.07, 6.45) is 1.38. The van der Waals surface area contributed by atoms with Crippen molar-refractivity contribution in [1.82, 2.24) is 10.3 Å². The van der Waals surface area contributed by atoms with Crippen LogP contribution >= 0.6 is 11.6 Å². The Morgan fingerprint density at radius 3 is 2.82 bits per heavy atom. The Labute approximate surface area is 103 Å². The summed E-state index contributed by atoms with van der Waals surface area (Å²) in [5, 5.41) is 2.92. The van der Waals surface area contributed by atoms with Crippen molar-refractivity contribution in [2.24, 2.45) is 5.73 Å². The minimum absolute atomic E-state index is 0.154. The van der Waals surface area contributed by atoms with Gasteiger partial charge in [-0.1, -0.05) is 11.6 Å². The number of halogens is 1. The zero-order valence-corrected chi connectivity index (χ0v) is 9.74. The maximum atomic E-state index is 11.5. The van der Waals surface area contributed by atoms with Crippen molar-refractivity contribution in [3.05, 3.63) is 29.0 Å². The van der Waals surface area contributed by atoms with E-state index in [-0.39, 0.29) is 25.7 Å². The number of primary amides is 1. The van der Waals surface area contributed by atoms with E-state index in [1.807, 2.05) is 0 Å². The van der Waals surface area contributed by atoms with Gasteiger partial charge in [0.1, 0.15) is 11.8 Å². The first kappa shape index (κ1) is 13.4. The maximum absolute atomic E-state index is 11.5. The molecule has 0 aromatic carbocycles. The van der Waals surface area contributed by atoms with Crippen LogP contribution in [0, 0.1) is 0 Å². The summed E-state index contributed by atoms with van der Waals surface area (Å²) in [6.45, 7) is 0.350. The van der Waals surface area contributed by atoms with Crippen molar-refractivity contribution in [2.75, 3.05) is 19.8 Å². The lowest BCUT2D eigenvalue weighted by Crippen LogP contribution is -2.28. The average Bonchev–Trinajstić information content (AvgIpc) is 2.29. The molecule has 0 fully saturated rings. The molecular formula is C10H12ClN3O3. The Balaban J connectivity index is 2.25. The predicted molar refractivity (Wildman–Crippen MR) is 61.6 cm³/mol. The Morgan fingerprint density at radius 2 is 2.24 bits per heavy atom. The normalized spacial score (nSPS) is 9.94. The first-order chi connectivity index (χ1) is 8.09. The summed E-state index contributed by atoms with van der Waals surface area (Å²) in [6, 6.07) is 3.09. The molecule has 0 saturated heterocycles. The lowest BCUT2D eigenvalue weighted by molar-refractivity contribution is -0.122. The number of amides is 2. The number of nitrogens with zero attached hydrogens (tertiary/aromatic N) is 1.